The Labute approximate surface area is 38.9 Å². The molecule has 1 rings (SSSR count). The van der Waals surface area contributed by atoms with Crippen LogP contribution in [0.5, 0.6) is 0 Å². The van der Waals surface area contributed by atoms with Crippen LogP contribution in [0.15, 0.2) is 11.6 Å². The highest BCUT2D eigenvalue weighted by Gasteiger charge is 1.99. The lowest BCUT2D eigenvalue weighted by Gasteiger charge is -2.09. The van der Waals surface area contributed by atoms with E-state index < -0.39 is 0 Å². The Hall–Kier alpha value is -0.260. The van der Waals surface area contributed by atoms with Gasteiger partial charge in [0, 0.05) is 0 Å². The van der Waals surface area contributed by atoms with E-state index in [1.54, 1.807) is 0 Å². The minimum absolute atomic E-state index is 1.31. The molecular formula is C6H9. The smallest absolute Gasteiger partial charge is 0.0169 e. The van der Waals surface area contributed by atoms with Crippen molar-refractivity contribution in [3.05, 3.63) is 18.1 Å². The van der Waals surface area contributed by atoms with Gasteiger partial charge in [-0.1, -0.05) is 18.6 Å². The molecule has 0 bridgehead atoms. The third-order valence-electron chi connectivity index (χ3n) is 1.21. The summed E-state index contributed by atoms with van der Waals surface area (Å²) >= 11 is 0. The highest BCUT2D eigenvalue weighted by Crippen LogP contribution is 2.18. The zero-order chi connectivity index (χ0) is 4.41. The average molecular weight is 81.1 g/mol. The summed E-state index contributed by atoms with van der Waals surface area (Å²) in [4.78, 5) is 0. The maximum atomic E-state index is 2.26. The Balaban J connectivity index is 2.32. The second kappa shape index (κ2) is 1.46. The van der Waals surface area contributed by atoms with Gasteiger partial charge in [-0.25, -0.2) is 0 Å². The molecule has 0 unspecified atom stereocenters. The third kappa shape index (κ3) is 0.469. The molecule has 0 aromatic heterocycles. The first kappa shape index (κ1) is 3.91. The molecule has 0 atom stereocenters. The van der Waals surface area contributed by atoms with Crippen molar-refractivity contribution in [3.8, 4) is 0 Å². The fraction of sp³-hybridized carbons (Fsp3) is 0.500. The predicted octanol–water partition coefficient (Wildman–Crippen LogP) is 1.93. The lowest BCUT2D eigenvalue weighted by Crippen LogP contribution is -1.90. The Morgan fingerprint density at radius 3 is 2.50 bits per heavy atom. The van der Waals surface area contributed by atoms with Crippen molar-refractivity contribution >= 4 is 0 Å². The lowest BCUT2D eigenvalue weighted by molar-refractivity contribution is 0.882. The topological polar surface area (TPSA) is 0 Å². The summed E-state index contributed by atoms with van der Waals surface area (Å²) in [5, 5.41) is 0. The zero-order valence-electron chi connectivity index (χ0n) is 4.07. The van der Waals surface area contributed by atoms with Gasteiger partial charge in [0.15, 0.2) is 0 Å². The van der Waals surface area contributed by atoms with Gasteiger partial charge in [0.1, 0.15) is 0 Å². The molecule has 0 aromatic carbocycles. The maximum absolute atomic E-state index is 2.26. The van der Waals surface area contributed by atoms with E-state index in [4.69, 9.17) is 0 Å². The first-order chi connectivity index (χ1) is 2.93. The second-order valence-corrected chi connectivity index (χ2v) is 1.61. The van der Waals surface area contributed by atoms with Crippen LogP contribution >= 0.6 is 0 Å². The summed E-state index contributed by atoms with van der Waals surface area (Å²) in [7, 11) is 0. The van der Waals surface area contributed by atoms with Gasteiger partial charge in [-0.15, -0.1) is 0 Å². The molecule has 0 saturated heterocycles. The first-order valence-electron chi connectivity index (χ1n) is 2.42. The van der Waals surface area contributed by atoms with Crippen molar-refractivity contribution in [2.75, 3.05) is 0 Å². The highest BCUT2D eigenvalue weighted by molar-refractivity contribution is 5.19. The van der Waals surface area contributed by atoms with Gasteiger partial charge in [-0.2, -0.15) is 0 Å². The van der Waals surface area contributed by atoms with Crippen molar-refractivity contribution in [2.24, 2.45) is 0 Å². The normalized spacial score (nSPS) is 19.2. The largest absolute Gasteiger partial charge is 0.0847 e. The molecule has 0 N–H and O–H groups in total. The zero-order valence-corrected chi connectivity index (χ0v) is 4.07. The van der Waals surface area contributed by atoms with Gasteiger partial charge in [-0.05, 0) is 19.3 Å². The molecule has 0 spiro atoms. The second-order valence-electron chi connectivity index (χ2n) is 1.61. The van der Waals surface area contributed by atoms with Crippen molar-refractivity contribution in [2.45, 2.75) is 19.8 Å². The lowest BCUT2D eigenvalue weighted by atomic mass is 9.97. The summed E-state index contributed by atoms with van der Waals surface area (Å²) in [6.45, 7) is 2.09. The van der Waals surface area contributed by atoms with Crippen LogP contribution in [0.25, 0.3) is 0 Å². The van der Waals surface area contributed by atoms with E-state index >= 15 is 0 Å². The van der Waals surface area contributed by atoms with Gasteiger partial charge < -0.3 is 0 Å². The van der Waals surface area contributed by atoms with Gasteiger partial charge >= 0.3 is 0 Å². The SMILES string of the molecule is C[CH]C1=CCC1. The Kier molecular flexibility index (Phi) is 0.952. The van der Waals surface area contributed by atoms with Crippen molar-refractivity contribution in [1.82, 2.24) is 0 Å². The number of hydrogen-bond acceptors (Lipinski definition) is 0. The predicted molar refractivity (Wildman–Crippen MR) is 27.3 cm³/mol. The fourth-order valence-corrected chi connectivity index (χ4v) is 0.573. The van der Waals surface area contributed by atoms with Gasteiger partial charge in [0.05, 0.1) is 0 Å². The molecule has 0 fully saturated rings. The van der Waals surface area contributed by atoms with Gasteiger partial charge in [0.2, 0.25) is 0 Å². The molecule has 0 heteroatoms. The quantitative estimate of drug-likeness (QED) is 0.452. The molecule has 6 heavy (non-hydrogen) atoms. The summed E-state index contributed by atoms with van der Waals surface area (Å²) in [5.41, 5.74) is 1.52. The molecule has 1 aliphatic carbocycles. The summed E-state index contributed by atoms with van der Waals surface area (Å²) in [6.07, 6.45) is 7.06. The molecule has 0 aliphatic heterocycles. The van der Waals surface area contributed by atoms with Crippen LogP contribution in [0.3, 0.4) is 0 Å². The Bertz CT molecular complexity index is 70.1. The molecule has 0 nitrogen and oxygen atoms in total. The molecule has 0 amide bonds. The van der Waals surface area contributed by atoms with Crippen molar-refractivity contribution in [3.63, 3.8) is 0 Å². The molecule has 1 aliphatic rings. The molecular weight excluding hydrogens is 72.1 g/mol. The van der Waals surface area contributed by atoms with Crippen LogP contribution < -0.4 is 0 Å². The van der Waals surface area contributed by atoms with Crippen LogP contribution in [0, 0.1) is 6.42 Å². The summed E-state index contributed by atoms with van der Waals surface area (Å²) < 4.78 is 0. The molecule has 0 saturated carbocycles. The number of rotatable bonds is 1. The number of hydrogen-bond donors (Lipinski definition) is 0. The highest BCUT2D eigenvalue weighted by atomic mass is 14.1. The van der Waals surface area contributed by atoms with E-state index in [1.165, 1.54) is 18.4 Å². The van der Waals surface area contributed by atoms with E-state index in [2.05, 4.69) is 19.4 Å². The van der Waals surface area contributed by atoms with E-state index in [0.29, 0.717) is 0 Å². The first-order valence-corrected chi connectivity index (χ1v) is 2.42. The van der Waals surface area contributed by atoms with E-state index in [-0.39, 0.29) is 0 Å². The molecule has 0 aromatic rings. The minimum atomic E-state index is 1.31. The maximum Gasteiger partial charge on any atom is -0.0169 e. The molecule has 33 valence electrons. The van der Waals surface area contributed by atoms with Crippen molar-refractivity contribution < 1.29 is 0 Å². The Morgan fingerprint density at radius 2 is 2.50 bits per heavy atom. The standard InChI is InChI=1S/C6H9/c1-2-6-4-3-5-6/h2,4H,3,5H2,1H3. The van der Waals surface area contributed by atoms with Crippen LogP contribution in [0.4, 0.5) is 0 Å². The van der Waals surface area contributed by atoms with E-state index in [9.17, 15) is 0 Å². The van der Waals surface area contributed by atoms with Crippen LogP contribution in [0.1, 0.15) is 19.8 Å². The number of allylic oxidation sites excluding steroid dienone is 2. The van der Waals surface area contributed by atoms with Crippen LogP contribution in [-0.4, -0.2) is 0 Å². The third-order valence-corrected chi connectivity index (χ3v) is 1.21. The van der Waals surface area contributed by atoms with Crippen LogP contribution in [0.2, 0.25) is 0 Å². The minimum Gasteiger partial charge on any atom is -0.0847 e. The van der Waals surface area contributed by atoms with E-state index in [1.807, 2.05) is 0 Å². The van der Waals surface area contributed by atoms with Gasteiger partial charge in [-0.3, -0.25) is 0 Å². The molecule has 1 radical (unpaired) electrons. The monoisotopic (exact) mass is 81.1 g/mol. The van der Waals surface area contributed by atoms with Gasteiger partial charge in [0.25, 0.3) is 0 Å². The summed E-state index contributed by atoms with van der Waals surface area (Å²) in [6, 6.07) is 0. The van der Waals surface area contributed by atoms with Crippen LogP contribution in [-0.2, 0) is 0 Å². The van der Waals surface area contributed by atoms with Crippen molar-refractivity contribution in [1.29, 1.82) is 0 Å². The molecule has 0 heterocycles. The fourth-order valence-electron chi connectivity index (χ4n) is 0.573. The Morgan fingerprint density at radius 1 is 1.83 bits per heavy atom. The average Bonchev–Trinajstić information content (AvgIpc) is 1.31. The van der Waals surface area contributed by atoms with E-state index in [0.717, 1.165) is 0 Å². The summed E-state index contributed by atoms with van der Waals surface area (Å²) in [5.74, 6) is 0.